The van der Waals surface area contributed by atoms with Crippen LogP contribution in [-0.4, -0.2) is 28.4 Å². The van der Waals surface area contributed by atoms with Gasteiger partial charge in [0.1, 0.15) is 10.6 Å². The molecule has 1 aliphatic heterocycles. The zero-order chi connectivity index (χ0) is 10.9. The van der Waals surface area contributed by atoms with Crippen LogP contribution in [0.25, 0.3) is 0 Å². The van der Waals surface area contributed by atoms with Crippen molar-refractivity contribution in [3.05, 3.63) is 5.01 Å². The third-order valence-electron chi connectivity index (χ3n) is 2.56. The summed E-state index contributed by atoms with van der Waals surface area (Å²) in [5.41, 5.74) is -0.869. The van der Waals surface area contributed by atoms with Crippen molar-refractivity contribution in [3.8, 4) is 0 Å². The quantitative estimate of drug-likeness (QED) is 0.836. The summed E-state index contributed by atoms with van der Waals surface area (Å²) >= 11 is 1.50. The second-order valence-electron chi connectivity index (χ2n) is 4.50. The lowest BCUT2D eigenvalue weighted by Crippen LogP contribution is -2.29. The number of piperidine rings is 1. The largest absolute Gasteiger partial charge is 0.383 e. The number of hydrogen-bond acceptors (Lipinski definition) is 5. The highest BCUT2D eigenvalue weighted by molar-refractivity contribution is 7.15. The van der Waals surface area contributed by atoms with E-state index >= 15 is 0 Å². The average Bonchev–Trinajstić information content (AvgIpc) is 2.67. The molecule has 1 fully saturated rings. The highest BCUT2D eigenvalue weighted by atomic mass is 32.1. The van der Waals surface area contributed by atoms with E-state index in [1.807, 2.05) is 0 Å². The summed E-state index contributed by atoms with van der Waals surface area (Å²) in [7, 11) is 0. The van der Waals surface area contributed by atoms with Crippen molar-refractivity contribution in [3.63, 3.8) is 0 Å². The Kier molecular flexibility index (Phi) is 2.93. The summed E-state index contributed by atoms with van der Waals surface area (Å²) in [4.78, 5) is 2.26. The van der Waals surface area contributed by atoms with Gasteiger partial charge < -0.3 is 10.0 Å². The minimum Gasteiger partial charge on any atom is -0.383 e. The van der Waals surface area contributed by atoms with Crippen molar-refractivity contribution in [2.45, 2.75) is 38.7 Å². The monoisotopic (exact) mass is 227 g/mol. The molecule has 0 spiro atoms. The fourth-order valence-electron chi connectivity index (χ4n) is 1.68. The molecule has 2 heterocycles. The average molecular weight is 227 g/mol. The summed E-state index contributed by atoms with van der Waals surface area (Å²) in [5.74, 6) is 0. The van der Waals surface area contributed by atoms with Gasteiger partial charge >= 0.3 is 0 Å². The SMILES string of the molecule is CC(C)(O)c1nnc(N2CCCCC2)s1. The second-order valence-corrected chi connectivity index (χ2v) is 5.45. The van der Waals surface area contributed by atoms with Gasteiger partial charge in [-0.05, 0) is 33.1 Å². The van der Waals surface area contributed by atoms with E-state index in [1.165, 1.54) is 30.6 Å². The molecule has 1 saturated heterocycles. The second kappa shape index (κ2) is 4.06. The summed E-state index contributed by atoms with van der Waals surface area (Å²) in [5, 5.41) is 19.6. The van der Waals surface area contributed by atoms with Crippen LogP contribution in [0, 0.1) is 0 Å². The van der Waals surface area contributed by atoms with E-state index in [9.17, 15) is 5.11 Å². The molecule has 0 bridgehead atoms. The molecule has 1 aromatic heterocycles. The number of hydrogen-bond donors (Lipinski definition) is 1. The Hall–Kier alpha value is -0.680. The van der Waals surface area contributed by atoms with Gasteiger partial charge in [-0.1, -0.05) is 11.3 Å². The third kappa shape index (κ3) is 2.46. The molecule has 0 unspecified atom stereocenters. The van der Waals surface area contributed by atoms with Crippen LogP contribution in [0.1, 0.15) is 38.1 Å². The molecule has 0 saturated carbocycles. The Morgan fingerprint density at radius 3 is 2.40 bits per heavy atom. The highest BCUT2D eigenvalue weighted by Crippen LogP contribution is 2.29. The van der Waals surface area contributed by atoms with Crippen molar-refractivity contribution in [2.75, 3.05) is 18.0 Å². The molecule has 0 aromatic carbocycles. The molecule has 0 aliphatic carbocycles. The minimum atomic E-state index is -0.869. The lowest BCUT2D eigenvalue weighted by molar-refractivity contribution is 0.0775. The fraction of sp³-hybridized carbons (Fsp3) is 0.800. The van der Waals surface area contributed by atoms with E-state index in [0.717, 1.165) is 18.2 Å². The van der Waals surface area contributed by atoms with Crippen molar-refractivity contribution in [1.82, 2.24) is 10.2 Å². The van der Waals surface area contributed by atoms with E-state index < -0.39 is 5.60 Å². The molecule has 1 N–H and O–H groups in total. The molecule has 0 atom stereocenters. The van der Waals surface area contributed by atoms with Crippen LogP contribution in [-0.2, 0) is 5.60 Å². The predicted molar refractivity (Wildman–Crippen MR) is 61.2 cm³/mol. The van der Waals surface area contributed by atoms with Crippen molar-refractivity contribution in [1.29, 1.82) is 0 Å². The maximum absolute atomic E-state index is 9.79. The van der Waals surface area contributed by atoms with Crippen LogP contribution in [0.4, 0.5) is 5.13 Å². The molecule has 84 valence electrons. The van der Waals surface area contributed by atoms with E-state index in [2.05, 4.69) is 15.1 Å². The number of aromatic nitrogens is 2. The Labute approximate surface area is 93.9 Å². The number of aliphatic hydroxyl groups is 1. The van der Waals surface area contributed by atoms with E-state index in [4.69, 9.17) is 0 Å². The van der Waals surface area contributed by atoms with Crippen LogP contribution >= 0.6 is 11.3 Å². The number of anilines is 1. The molecule has 5 heteroatoms. The van der Waals surface area contributed by atoms with Crippen LogP contribution in [0.2, 0.25) is 0 Å². The van der Waals surface area contributed by atoms with E-state index in [1.54, 1.807) is 13.8 Å². The van der Waals surface area contributed by atoms with Crippen LogP contribution in [0.15, 0.2) is 0 Å². The Morgan fingerprint density at radius 2 is 1.87 bits per heavy atom. The lowest BCUT2D eigenvalue weighted by Gasteiger charge is -2.25. The molecule has 15 heavy (non-hydrogen) atoms. The van der Waals surface area contributed by atoms with Crippen LogP contribution in [0.5, 0.6) is 0 Å². The van der Waals surface area contributed by atoms with Crippen LogP contribution in [0.3, 0.4) is 0 Å². The summed E-state index contributed by atoms with van der Waals surface area (Å²) in [6.07, 6.45) is 3.78. The Morgan fingerprint density at radius 1 is 1.20 bits per heavy atom. The normalized spacial score (nSPS) is 18.2. The zero-order valence-corrected chi connectivity index (χ0v) is 10.0. The zero-order valence-electron chi connectivity index (χ0n) is 9.23. The number of rotatable bonds is 2. The van der Waals surface area contributed by atoms with Crippen molar-refractivity contribution in [2.24, 2.45) is 0 Å². The van der Waals surface area contributed by atoms with Crippen molar-refractivity contribution >= 4 is 16.5 Å². The Bertz CT molecular complexity index is 326. The third-order valence-corrected chi connectivity index (χ3v) is 3.86. The predicted octanol–water partition coefficient (Wildman–Crippen LogP) is 1.76. The van der Waals surface area contributed by atoms with Gasteiger partial charge in [-0.25, -0.2) is 0 Å². The lowest BCUT2D eigenvalue weighted by atomic mass is 10.1. The first kappa shape index (κ1) is 10.8. The van der Waals surface area contributed by atoms with Gasteiger partial charge in [0, 0.05) is 13.1 Å². The summed E-state index contributed by atoms with van der Waals surface area (Å²) < 4.78 is 0. The van der Waals surface area contributed by atoms with Gasteiger partial charge in [-0.15, -0.1) is 10.2 Å². The van der Waals surface area contributed by atoms with Gasteiger partial charge in [0.05, 0.1) is 0 Å². The summed E-state index contributed by atoms with van der Waals surface area (Å²) in [6, 6.07) is 0. The number of nitrogens with zero attached hydrogens (tertiary/aromatic N) is 3. The maximum atomic E-state index is 9.79. The molecule has 2 rings (SSSR count). The Balaban J connectivity index is 2.12. The smallest absolute Gasteiger partial charge is 0.208 e. The van der Waals surface area contributed by atoms with Crippen LogP contribution < -0.4 is 4.90 Å². The topological polar surface area (TPSA) is 49.3 Å². The first-order chi connectivity index (χ1) is 7.07. The molecular formula is C10H17N3OS. The van der Waals surface area contributed by atoms with Gasteiger partial charge in [-0.2, -0.15) is 0 Å². The molecule has 1 aliphatic rings. The van der Waals surface area contributed by atoms with Crippen molar-refractivity contribution < 1.29 is 5.11 Å². The minimum absolute atomic E-state index is 0.697. The molecule has 4 nitrogen and oxygen atoms in total. The highest BCUT2D eigenvalue weighted by Gasteiger charge is 2.23. The molecule has 0 amide bonds. The molecular weight excluding hydrogens is 210 g/mol. The standard InChI is InChI=1S/C10H17N3OS/c1-10(2,14)8-11-12-9(15-8)13-6-4-3-5-7-13/h14H,3-7H2,1-2H3. The van der Waals surface area contributed by atoms with E-state index in [-0.39, 0.29) is 0 Å². The van der Waals surface area contributed by atoms with Gasteiger partial charge in [0.2, 0.25) is 5.13 Å². The molecule has 0 radical (unpaired) electrons. The van der Waals surface area contributed by atoms with Gasteiger partial charge in [0.25, 0.3) is 0 Å². The molecule has 1 aromatic rings. The fourth-order valence-corrected chi connectivity index (χ4v) is 2.57. The maximum Gasteiger partial charge on any atom is 0.208 e. The van der Waals surface area contributed by atoms with E-state index in [0.29, 0.717) is 5.01 Å². The first-order valence-electron chi connectivity index (χ1n) is 5.39. The van der Waals surface area contributed by atoms with Gasteiger partial charge in [-0.3, -0.25) is 0 Å². The summed E-state index contributed by atoms with van der Waals surface area (Å²) in [6.45, 7) is 5.63. The first-order valence-corrected chi connectivity index (χ1v) is 6.20. The van der Waals surface area contributed by atoms with Gasteiger partial charge in [0.15, 0.2) is 0 Å².